The molecule has 0 unspecified atom stereocenters. The Morgan fingerprint density at radius 1 is 1.30 bits per heavy atom. The van der Waals surface area contributed by atoms with Gasteiger partial charge in [-0.3, -0.25) is 0 Å². The molecule has 0 N–H and O–H groups in total. The van der Waals surface area contributed by atoms with Crippen LogP contribution in [0.4, 0.5) is 0 Å². The fraction of sp³-hybridized carbons (Fsp3) is 0.250. The molecule has 0 saturated carbocycles. The van der Waals surface area contributed by atoms with E-state index in [1.165, 1.54) is 11.3 Å². The number of hydrogen-bond acceptors (Lipinski definition) is 6. The third-order valence-electron chi connectivity index (χ3n) is 2.55. The lowest BCUT2D eigenvalue weighted by Crippen LogP contribution is -1.98. The monoisotopic (exact) mass is 326 g/mol. The van der Waals surface area contributed by atoms with Crippen molar-refractivity contribution in [2.75, 3.05) is 6.26 Å². The van der Waals surface area contributed by atoms with Gasteiger partial charge in [-0.15, -0.1) is 10.2 Å². The van der Waals surface area contributed by atoms with Crippen LogP contribution in [0, 0.1) is 0 Å². The van der Waals surface area contributed by atoms with E-state index in [1.807, 2.05) is 18.4 Å². The molecule has 5 nitrogen and oxygen atoms in total. The molecular formula is C12H11ClN4OS2. The molecule has 0 spiro atoms. The number of ether oxygens (including phenoxy) is 1. The molecule has 8 heteroatoms. The van der Waals surface area contributed by atoms with Gasteiger partial charge < -0.3 is 4.74 Å². The Bertz CT molecular complexity index is 710. The van der Waals surface area contributed by atoms with Crippen molar-refractivity contribution in [1.29, 1.82) is 0 Å². The Hall–Kier alpha value is -1.31. The fourth-order valence-electron chi connectivity index (χ4n) is 1.65. The van der Waals surface area contributed by atoms with E-state index in [9.17, 15) is 0 Å². The second kappa shape index (κ2) is 5.99. The molecule has 0 aliphatic carbocycles. The predicted octanol–water partition coefficient (Wildman–Crippen LogP) is 3.28. The third-order valence-corrected chi connectivity index (χ3v) is 4.22. The number of rotatable bonds is 5. The van der Waals surface area contributed by atoms with Crippen molar-refractivity contribution in [1.82, 2.24) is 19.8 Å². The number of aromatic nitrogens is 4. The van der Waals surface area contributed by atoms with Gasteiger partial charge in [-0.05, 0) is 30.5 Å². The van der Waals surface area contributed by atoms with E-state index in [-0.39, 0.29) is 0 Å². The topological polar surface area (TPSA) is 52.3 Å². The third kappa shape index (κ3) is 2.89. The van der Waals surface area contributed by atoms with Crippen LogP contribution in [0.3, 0.4) is 0 Å². The molecule has 0 amide bonds. The predicted molar refractivity (Wildman–Crippen MR) is 81.7 cm³/mol. The molecule has 0 radical (unpaired) electrons. The van der Waals surface area contributed by atoms with Crippen LogP contribution in [0.25, 0.3) is 4.96 Å². The van der Waals surface area contributed by atoms with Gasteiger partial charge in [0.05, 0.1) is 5.75 Å². The molecule has 3 rings (SSSR count). The molecule has 0 aliphatic rings. The summed E-state index contributed by atoms with van der Waals surface area (Å²) in [6.45, 7) is 0.411. The molecule has 0 bridgehead atoms. The number of hydrogen-bond donors (Lipinski definition) is 0. The lowest BCUT2D eigenvalue weighted by Gasteiger charge is -2.02. The average Bonchev–Trinajstić information content (AvgIpc) is 3.00. The SMILES string of the molecule is CSCc1nnc2sc(COc3ccc(Cl)cc3)nn12. The van der Waals surface area contributed by atoms with E-state index in [2.05, 4.69) is 15.3 Å². The van der Waals surface area contributed by atoms with E-state index in [4.69, 9.17) is 16.3 Å². The minimum absolute atomic E-state index is 0.411. The zero-order chi connectivity index (χ0) is 13.9. The Morgan fingerprint density at radius 3 is 2.85 bits per heavy atom. The first kappa shape index (κ1) is 13.7. The number of thioether (sulfide) groups is 1. The van der Waals surface area contributed by atoms with Crippen LogP contribution < -0.4 is 4.74 Å². The molecule has 104 valence electrons. The highest BCUT2D eigenvalue weighted by atomic mass is 35.5. The number of nitrogens with zero attached hydrogens (tertiary/aromatic N) is 4. The first-order valence-electron chi connectivity index (χ1n) is 5.83. The molecule has 1 aromatic carbocycles. The molecule has 0 fully saturated rings. The van der Waals surface area contributed by atoms with Crippen molar-refractivity contribution >= 4 is 39.7 Å². The van der Waals surface area contributed by atoms with Crippen LogP contribution in [-0.4, -0.2) is 26.1 Å². The summed E-state index contributed by atoms with van der Waals surface area (Å²) in [4.78, 5) is 0.795. The quantitative estimate of drug-likeness (QED) is 0.720. The molecule has 0 saturated heterocycles. The first-order valence-corrected chi connectivity index (χ1v) is 8.42. The van der Waals surface area contributed by atoms with Crippen molar-refractivity contribution in [2.24, 2.45) is 0 Å². The van der Waals surface area contributed by atoms with Crippen molar-refractivity contribution in [3.05, 3.63) is 40.1 Å². The Balaban J connectivity index is 1.72. The summed E-state index contributed by atoms with van der Waals surface area (Å²) in [7, 11) is 0. The van der Waals surface area contributed by atoms with E-state index < -0.39 is 0 Å². The number of benzene rings is 1. The molecule has 2 aromatic heterocycles. The second-order valence-electron chi connectivity index (χ2n) is 3.98. The van der Waals surface area contributed by atoms with Gasteiger partial charge in [0.2, 0.25) is 4.96 Å². The van der Waals surface area contributed by atoms with Crippen LogP contribution in [0.1, 0.15) is 10.8 Å². The van der Waals surface area contributed by atoms with E-state index in [1.54, 1.807) is 28.4 Å². The lowest BCUT2D eigenvalue weighted by atomic mass is 10.3. The summed E-state index contributed by atoms with van der Waals surface area (Å²) in [5.74, 6) is 2.42. The maximum absolute atomic E-state index is 5.83. The zero-order valence-electron chi connectivity index (χ0n) is 10.6. The minimum Gasteiger partial charge on any atom is -0.486 e. The van der Waals surface area contributed by atoms with Crippen LogP contribution >= 0.6 is 34.7 Å². The summed E-state index contributed by atoms with van der Waals surface area (Å²) in [6, 6.07) is 7.27. The zero-order valence-corrected chi connectivity index (χ0v) is 13.0. The minimum atomic E-state index is 0.411. The summed E-state index contributed by atoms with van der Waals surface area (Å²) >= 11 is 9.01. The maximum Gasteiger partial charge on any atom is 0.234 e. The van der Waals surface area contributed by atoms with Crippen LogP contribution in [0.2, 0.25) is 5.02 Å². The molecule has 0 atom stereocenters. The highest BCUT2D eigenvalue weighted by molar-refractivity contribution is 7.97. The van der Waals surface area contributed by atoms with Gasteiger partial charge in [-0.25, -0.2) is 0 Å². The maximum atomic E-state index is 5.83. The Kier molecular flexibility index (Phi) is 4.09. The smallest absolute Gasteiger partial charge is 0.234 e. The van der Waals surface area contributed by atoms with Gasteiger partial charge in [-0.2, -0.15) is 21.4 Å². The molecule has 20 heavy (non-hydrogen) atoms. The highest BCUT2D eigenvalue weighted by Gasteiger charge is 2.11. The standard InChI is InChI=1S/C12H11ClN4OS2/c1-19-7-10-14-15-12-17(10)16-11(20-12)6-18-9-4-2-8(13)3-5-9/h2-5H,6-7H2,1H3. The van der Waals surface area contributed by atoms with Crippen molar-refractivity contribution < 1.29 is 4.74 Å². The van der Waals surface area contributed by atoms with Gasteiger partial charge >= 0.3 is 0 Å². The van der Waals surface area contributed by atoms with Crippen molar-refractivity contribution in [3.63, 3.8) is 0 Å². The summed E-state index contributed by atoms with van der Waals surface area (Å²) in [6.07, 6.45) is 2.03. The Morgan fingerprint density at radius 2 is 2.10 bits per heavy atom. The van der Waals surface area contributed by atoms with E-state index in [0.717, 1.165) is 27.3 Å². The largest absolute Gasteiger partial charge is 0.486 e. The lowest BCUT2D eigenvalue weighted by molar-refractivity contribution is 0.304. The molecular weight excluding hydrogens is 316 g/mol. The Labute approximate surface area is 128 Å². The van der Waals surface area contributed by atoms with E-state index in [0.29, 0.717) is 11.6 Å². The second-order valence-corrected chi connectivity index (χ2v) is 6.32. The number of halogens is 1. The highest BCUT2D eigenvalue weighted by Crippen LogP contribution is 2.20. The van der Waals surface area contributed by atoms with Crippen LogP contribution in [-0.2, 0) is 12.4 Å². The van der Waals surface area contributed by atoms with Crippen molar-refractivity contribution in [3.8, 4) is 5.75 Å². The summed E-state index contributed by atoms with van der Waals surface area (Å²) in [5.41, 5.74) is 0. The van der Waals surface area contributed by atoms with Gasteiger partial charge in [0, 0.05) is 5.02 Å². The van der Waals surface area contributed by atoms with Gasteiger partial charge in [0.25, 0.3) is 0 Å². The van der Waals surface area contributed by atoms with Crippen LogP contribution in [0.15, 0.2) is 24.3 Å². The fourth-order valence-corrected chi connectivity index (χ4v) is 2.98. The molecule has 3 aromatic rings. The molecule has 0 aliphatic heterocycles. The van der Waals surface area contributed by atoms with Crippen LogP contribution in [0.5, 0.6) is 5.75 Å². The first-order chi connectivity index (χ1) is 9.76. The van der Waals surface area contributed by atoms with Gasteiger partial charge in [0.15, 0.2) is 10.8 Å². The normalized spacial score (nSPS) is 11.1. The van der Waals surface area contributed by atoms with E-state index >= 15 is 0 Å². The average molecular weight is 327 g/mol. The summed E-state index contributed by atoms with van der Waals surface area (Å²) < 4.78 is 7.45. The van der Waals surface area contributed by atoms with Crippen molar-refractivity contribution in [2.45, 2.75) is 12.4 Å². The number of fused-ring (bicyclic) bond motifs is 1. The summed E-state index contributed by atoms with van der Waals surface area (Å²) in [5, 5.41) is 14.2. The van der Waals surface area contributed by atoms with Gasteiger partial charge in [-0.1, -0.05) is 22.9 Å². The molecule has 2 heterocycles. The van der Waals surface area contributed by atoms with Gasteiger partial charge in [0.1, 0.15) is 12.4 Å².